The van der Waals surface area contributed by atoms with Gasteiger partial charge in [0.1, 0.15) is 95.5 Å². The third kappa shape index (κ3) is 7.94. The van der Waals surface area contributed by atoms with Crippen LogP contribution in [0.25, 0.3) is 28.4 Å². The maximum atomic E-state index is 13.4. The molecule has 18 heteroatoms. The topological polar surface area (TPSA) is 296 Å². The first-order valence-electron chi connectivity index (χ1n) is 16.7. The SMILES string of the molecule is COc1cc(-c2cc(=O)c3c(O)c([C@@H]4O[C@H](CO)[C@@H](O)[C@H](O)[C@H]4O[C@@H]4O[C@H](COC(=O)C=Cc5ccc(O)cc5)[C@@H](O)[C@H](O)[C@H]4O)c(O)cc3o2)ccc1O. The second-order valence-electron chi connectivity index (χ2n) is 12.8. The highest BCUT2D eigenvalue weighted by Crippen LogP contribution is 2.46. The van der Waals surface area contributed by atoms with Crippen LogP contribution in [-0.2, 0) is 23.7 Å². The van der Waals surface area contributed by atoms with Gasteiger partial charge in [-0.1, -0.05) is 12.1 Å². The Morgan fingerprint density at radius 2 is 1.53 bits per heavy atom. The summed E-state index contributed by atoms with van der Waals surface area (Å²) in [4.78, 5) is 25.8. The monoisotopic (exact) mass is 770 g/mol. The van der Waals surface area contributed by atoms with Crippen molar-refractivity contribution in [1.29, 1.82) is 0 Å². The average molecular weight is 771 g/mol. The minimum Gasteiger partial charge on any atom is -0.508 e. The minimum absolute atomic E-state index is 0.0173. The van der Waals surface area contributed by atoms with Crippen molar-refractivity contribution in [2.45, 2.75) is 61.2 Å². The molecule has 0 saturated carbocycles. The van der Waals surface area contributed by atoms with Gasteiger partial charge in [-0.2, -0.15) is 0 Å². The third-order valence-electron chi connectivity index (χ3n) is 9.28. The van der Waals surface area contributed by atoms with Crippen LogP contribution in [0.3, 0.4) is 0 Å². The van der Waals surface area contributed by atoms with Crippen LogP contribution in [0.2, 0.25) is 0 Å². The molecule has 2 aliphatic rings. The molecule has 294 valence electrons. The van der Waals surface area contributed by atoms with E-state index < -0.39 is 108 Å². The number of hydrogen-bond acceptors (Lipinski definition) is 18. The number of carbonyl (C=O) groups excluding carboxylic acids is 1. The number of rotatable bonds is 10. The molecule has 2 aliphatic heterocycles. The average Bonchev–Trinajstić information content (AvgIpc) is 3.16. The number of aliphatic hydroxyl groups is 6. The Morgan fingerprint density at radius 3 is 2.22 bits per heavy atom. The fourth-order valence-corrected chi connectivity index (χ4v) is 6.32. The van der Waals surface area contributed by atoms with E-state index in [4.69, 9.17) is 28.1 Å². The van der Waals surface area contributed by atoms with Crippen molar-refractivity contribution < 1.29 is 84.0 Å². The lowest BCUT2D eigenvalue weighted by Gasteiger charge is -2.46. The summed E-state index contributed by atoms with van der Waals surface area (Å²) in [6.07, 6.45) is -16.0. The molecule has 10 N–H and O–H groups in total. The van der Waals surface area contributed by atoms with Crippen LogP contribution in [0, 0.1) is 0 Å². The first-order valence-corrected chi connectivity index (χ1v) is 16.7. The number of methoxy groups -OCH3 is 1. The highest BCUT2D eigenvalue weighted by atomic mass is 16.7. The zero-order valence-corrected chi connectivity index (χ0v) is 28.8. The highest BCUT2D eigenvalue weighted by molar-refractivity contribution is 5.88. The number of benzene rings is 3. The predicted molar refractivity (Wildman–Crippen MR) is 186 cm³/mol. The van der Waals surface area contributed by atoms with E-state index in [0.717, 1.165) is 18.2 Å². The molecule has 55 heavy (non-hydrogen) atoms. The van der Waals surface area contributed by atoms with Crippen LogP contribution in [0.1, 0.15) is 17.2 Å². The smallest absolute Gasteiger partial charge is 0.330 e. The number of fused-ring (bicyclic) bond motifs is 1. The van der Waals surface area contributed by atoms with Gasteiger partial charge < -0.3 is 79.2 Å². The molecule has 18 nitrogen and oxygen atoms in total. The fraction of sp³-hybridized carbons (Fsp3) is 0.351. The number of phenols is 4. The van der Waals surface area contributed by atoms with Crippen LogP contribution in [-0.4, -0.2) is 132 Å². The first kappa shape index (κ1) is 39.4. The summed E-state index contributed by atoms with van der Waals surface area (Å²) in [6.45, 7) is -1.55. The van der Waals surface area contributed by atoms with E-state index in [9.17, 15) is 60.7 Å². The molecule has 0 aliphatic carbocycles. The molecule has 1 aromatic heterocycles. The van der Waals surface area contributed by atoms with Crippen LogP contribution in [0.4, 0.5) is 0 Å². The van der Waals surface area contributed by atoms with Crippen LogP contribution >= 0.6 is 0 Å². The second-order valence-corrected chi connectivity index (χ2v) is 12.8. The van der Waals surface area contributed by atoms with Gasteiger partial charge in [-0.05, 0) is 42.0 Å². The summed E-state index contributed by atoms with van der Waals surface area (Å²) in [7, 11) is 1.32. The number of aliphatic hydroxyl groups excluding tert-OH is 6. The van der Waals surface area contributed by atoms with Crippen molar-refractivity contribution in [3.63, 3.8) is 0 Å². The Bertz CT molecular complexity index is 2100. The van der Waals surface area contributed by atoms with Gasteiger partial charge in [0.25, 0.3) is 0 Å². The lowest BCUT2D eigenvalue weighted by atomic mass is 9.89. The molecule has 2 fully saturated rings. The maximum Gasteiger partial charge on any atom is 0.330 e. The normalized spacial score (nSPS) is 28.3. The minimum atomic E-state index is -2.03. The number of phenolic OH excluding ortho intramolecular Hbond substituents is 4. The standard InChI is InChI=1S/C37H38O18/c1-50-22-10-16(5-8-18(22)40)21-11-19(41)27-23(52-21)12-20(42)28(31(27)46)35-36(33(48)29(44)24(13-38)53-35)55-37-34(49)32(47)30(45)25(54-37)14-51-26(43)9-4-15-2-6-17(39)7-3-15/h2-12,24-25,29-30,32-40,42,44-49H,13-14H2,1H3/t24-,25-,29-,30-,32+,33+,34-,35+,36-,37+/m1/s1. The fourth-order valence-electron chi connectivity index (χ4n) is 6.32. The summed E-state index contributed by atoms with van der Waals surface area (Å²) in [5.41, 5.74) is -0.841. The highest BCUT2D eigenvalue weighted by Gasteiger charge is 2.52. The molecule has 2 saturated heterocycles. The summed E-state index contributed by atoms with van der Waals surface area (Å²) in [6, 6.07) is 12.0. The van der Waals surface area contributed by atoms with Gasteiger partial charge in [0.05, 0.1) is 19.3 Å². The van der Waals surface area contributed by atoms with Crippen molar-refractivity contribution in [3.05, 3.63) is 82.0 Å². The van der Waals surface area contributed by atoms with E-state index in [1.807, 2.05) is 0 Å². The van der Waals surface area contributed by atoms with Gasteiger partial charge in [-0.25, -0.2) is 4.79 Å². The number of ether oxygens (including phenoxy) is 5. The molecule has 0 unspecified atom stereocenters. The molecule has 10 atom stereocenters. The van der Waals surface area contributed by atoms with E-state index in [1.165, 1.54) is 55.7 Å². The van der Waals surface area contributed by atoms with Gasteiger partial charge in [0, 0.05) is 23.8 Å². The maximum absolute atomic E-state index is 13.4. The second kappa shape index (κ2) is 16.2. The number of aromatic hydroxyl groups is 4. The molecular weight excluding hydrogens is 732 g/mol. The summed E-state index contributed by atoms with van der Waals surface area (Å²) in [5.74, 6) is -2.68. The van der Waals surface area contributed by atoms with Crippen LogP contribution in [0.15, 0.2) is 69.9 Å². The van der Waals surface area contributed by atoms with Gasteiger partial charge in [0.2, 0.25) is 0 Å². The molecule has 3 heterocycles. The van der Waals surface area contributed by atoms with Gasteiger partial charge in [-0.15, -0.1) is 0 Å². The molecule has 4 aromatic rings. The third-order valence-corrected chi connectivity index (χ3v) is 9.28. The van der Waals surface area contributed by atoms with Crippen molar-refractivity contribution in [1.82, 2.24) is 0 Å². The molecule has 0 spiro atoms. The van der Waals surface area contributed by atoms with Crippen molar-refractivity contribution >= 4 is 23.0 Å². The van der Waals surface area contributed by atoms with Gasteiger partial charge in [0.15, 0.2) is 23.2 Å². The zero-order valence-electron chi connectivity index (χ0n) is 28.8. The zero-order chi connectivity index (χ0) is 39.7. The summed E-state index contributed by atoms with van der Waals surface area (Å²) < 4.78 is 33.3. The lowest BCUT2D eigenvalue weighted by Crippen LogP contribution is -2.63. The number of hydrogen-bond donors (Lipinski definition) is 10. The Kier molecular flexibility index (Phi) is 11.6. The lowest BCUT2D eigenvalue weighted by molar-refractivity contribution is -0.342. The van der Waals surface area contributed by atoms with Crippen LogP contribution in [0.5, 0.6) is 28.7 Å². The Hall–Kier alpha value is -5.28. The summed E-state index contributed by atoms with van der Waals surface area (Å²) >= 11 is 0. The number of esters is 1. The molecule has 6 rings (SSSR count). The van der Waals surface area contributed by atoms with E-state index in [0.29, 0.717) is 11.1 Å². The van der Waals surface area contributed by atoms with E-state index >= 15 is 0 Å². The molecule has 3 aromatic carbocycles. The van der Waals surface area contributed by atoms with E-state index in [2.05, 4.69) is 0 Å². The molecule has 0 amide bonds. The molecule has 0 bridgehead atoms. The predicted octanol–water partition coefficient (Wildman–Crippen LogP) is -0.106. The Labute approximate surface area is 310 Å². The Balaban J connectivity index is 1.28. The molecular formula is C37H38O18. The van der Waals surface area contributed by atoms with Crippen molar-refractivity contribution in [3.8, 4) is 40.1 Å². The van der Waals surface area contributed by atoms with Gasteiger partial charge in [-0.3, -0.25) is 4.79 Å². The number of carbonyl (C=O) groups is 1. The van der Waals surface area contributed by atoms with E-state index in [1.54, 1.807) is 0 Å². The largest absolute Gasteiger partial charge is 0.508 e. The Morgan fingerprint density at radius 1 is 0.818 bits per heavy atom. The first-order chi connectivity index (χ1) is 26.2. The quantitative estimate of drug-likeness (QED) is 0.0743. The molecule has 0 radical (unpaired) electrons. The van der Waals surface area contributed by atoms with Gasteiger partial charge >= 0.3 is 5.97 Å². The summed E-state index contributed by atoms with van der Waals surface area (Å²) in [5, 5.41) is 106. The van der Waals surface area contributed by atoms with E-state index in [-0.39, 0.29) is 28.6 Å². The van der Waals surface area contributed by atoms with Crippen molar-refractivity contribution in [2.75, 3.05) is 20.3 Å². The van der Waals surface area contributed by atoms with Crippen LogP contribution < -0.4 is 10.2 Å². The van der Waals surface area contributed by atoms with Crippen molar-refractivity contribution in [2.24, 2.45) is 0 Å².